The minimum absolute atomic E-state index is 0.0741. The van der Waals surface area contributed by atoms with Crippen molar-refractivity contribution in [3.63, 3.8) is 0 Å². The summed E-state index contributed by atoms with van der Waals surface area (Å²) in [6.07, 6.45) is 4.94. The molecular formula is C13H25NO. The summed E-state index contributed by atoms with van der Waals surface area (Å²) >= 11 is 0. The van der Waals surface area contributed by atoms with Crippen LogP contribution in [-0.4, -0.2) is 11.8 Å². The molecule has 0 heterocycles. The van der Waals surface area contributed by atoms with E-state index in [4.69, 9.17) is 5.73 Å². The highest BCUT2D eigenvalue weighted by Crippen LogP contribution is 2.33. The molecule has 2 nitrogen and oxygen atoms in total. The van der Waals surface area contributed by atoms with Crippen molar-refractivity contribution in [3.05, 3.63) is 0 Å². The number of hydrogen-bond acceptors (Lipinski definition) is 2. The molecule has 0 spiro atoms. The number of nitrogens with two attached hydrogens (primary N) is 1. The molecule has 2 N–H and O–H groups in total. The Labute approximate surface area is 93.6 Å². The summed E-state index contributed by atoms with van der Waals surface area (Å²) in [6.45, 7) is 6.56. The van der Waals surface area contributed by atoms with E-state index < -0.39 is 0 Å². The maximum absolute atomic E-state index is 12.0. The first kappa shape index (κ1) is 12.7. The van der Waals surface area contributed by atoms with E-state index in [2.05, 4.69) is 13.8 Å². The molecule has 0 aromatic rings. The second-order valence-electron chi connectivity index (χ2n) is 5.45. The van der Waals surface area contributed by atoms with Gasteiger partial charge >= 0.3 is 0 Å². The second-order valence-corrected chi connectivity index (χ2v) is 5.45. The van der Waals surface area contributed by atoms with Gasteiger partial charge in [-0.1, -0.05) is 20.8 Å². The van der Waals surface area contributed by atoms with Gasteiger partial charge in [0.2, 0.25) is 0 Å². The van der Waals surface area contributed by atoms with E-state index in [1.807, 2.05) is 6.92 Å². The van der Waals surface area contributed by atoms with E-state index in [1.54, 1.807) is 0 Å². The molecule has 88 valence electrons. The second kappa shape index (κ2) is 5.64. The molecule has 15 heavy (non-hydrogen) atoms. The predicted octanol–water partition coefficient (Wildman–Crippen LogP) is 2.76. The Bertz CT molecular complexity index is 205. The van der Waals surface area contributed by atoms with Crippen LogP contribution < -0.4 is 5.73 Å². The van der Waals surface area contributed by atoms with E-state index in [9.17, 15) is 4.79 Å². The van der Waals surface area contributed by atoms with Crippen LogP contribution in [0.4, 0.5) is 0 Å². The number of rotatable bonds is 4. The van der Waals surface area contributed by atoms with Gasteiger partial charge in [-0.05, 0) is 37.5 Å². The monoisotopic (exact) mass is 211 g/mol. The van der Waals surface area contributed by atoms with Crippen molar-refractivity contribution in [2.24, 2.45) is 23.5 Å². The van der Waals surface area contributed by atoms with Gasteiger partial charge in [-0.15, -0.1) is 0 Å². The van der Waals surface area contributed by atoms with E-state index >= 15 is 0 Å². The average molecular weight is 211 g/mol. The molecule has 0 amide bonds. The maximum Gasteiger partial charge on any atom is 0.137 e. The summed E-state index contributed by atoms with van der Waals surface area (Å²) in [4.78, 5) is 12.0. The van der Waals surface area contributed by atoms with Crippen molar-refractivity contribution in [2.75, 3.05) is 0 Å². The zero-order chi connectivity index (χ0) is 11.4. The normalized spacial score (nSPS) is 33.7. The number of ketones is 1. The Morgan fingerprint density at radius 3 is 2.27 bits per heavy atom. The lowest BCUT2D eigenvalue weighted by molar-refractivity contribution is -0.125. The summed E-state index contributed by atoms with van der Waals surface area (Å²) in [5, 5.41) is 0. The van der Waals surface area contributed by atoms with Crippen LogP contribution in [0.15, 0.2) is 0 Å². The van der Waals surface area contributed by atoms with Crippen LogP contribution in [0.1, 0.15) is 52.9 Å². The minimum Gasteiger partial charge on any atom is -0.327 e. The van der Waals surface area contributed by atoms with Crippen molar-refractivity contribution in [1.29, 1.82) is 0 Å². The van der Waals surface area contributed by atoms with Crippen LogP contribution in [0.25, 0.3) is 0 Å². The van der Waals surface area contributed by atoms with Gasteiger partial charge in [-0.3, -0.25) is 4.79 Å². The fourth-order valence-corrected chi connectivity index (χ4v) is 2.78. The maximum atomic E-state index is 12.0. The van der Waals surface area contributed by atoms with Crippen molar-refractivity contribution in [1.82, 2.24) is 0 Å². The highest BCUT2D eigenvalue weighted by molar-refractivity contribution is 5.81. The Morgan fingerprint density at radius 1 is 1.27 bits per heavy atom. The first-order valence-electron chi connectivity index (χ1n) is 6.31. The lowest BCUT2D eigenvalue weighted by Gasteiger charge is -2.31. The van der Waals surface area contributed by atoms with E-state index in [-0.39, 0.29) is 6.04 Å². The standard InChI is InChI=1S/C13H25NO/c1-4-12(14)8-13(15)11-6-9(2)5-10(3)7-11/h9-12H,4-8,14H2,1-3H3. The molecule has 1 rings (SSSR count). The zero-order valence-electron chi connectivity index (χ0n) is 10.3. The lowest BCUT2D eigenvalue weighted by Crippen LogP contribution is -2.31. The summed E-state index contributed by atoms with van der Waals surface area (Å²) < 4.78 is 0. The topological polar surface area (TPSA) is 43.1 Å². The number of hydrogen-bond donors (Lipinski definition) is 1. The Kier molecular flexibility index (Phi) is 4.78. The molecule has 1 aliphatic carbocycles. The van der Waals surface area contributed by atoms with Crippen LogP contribution in [0.2, 0.25) is 0 Å². The van der Waals surface area contributed by atoms with Crippen LogP contribution >= 0.6 is 0 Å². The van der Waals surface area contributed by atoms with Gasteiger partial charge in [-0.2, -0.15) is 0 Å². The first-order valence-corrected chi connectivity index (χ1v) is 6.31. The van der Waals surface area contributed by atoms with Gasteiger partial charge in [-0.25, -0.2) is 0 Å². The summed E-state index contributed by atoms with van der Waals surface area (Å²) in [5.74, 6) is 2.12. The smallest absolute Gasteiger partial charge is 0.137 e. The quantitative estimate of drug-likeness (QED) is 0.777. The number of carbonyl (C=O) groups is 1. The predicted molar refractivity (Wildman–Crippen MR) is 63.6 cm³/mol. The van der Waals surface area contributed by atoms with Crippen molar-refractivity contribution < 1.29 is 4.79 Å². The van der Waals surface area contributed by atoms with E-state index in [1.165, 1.54) is 6.42 Å². The molecule has 0 saturated heterocycles. The molecule has 0 aliphatic heterocycles. The number of carbonyl (C=O) groups excluding carboxylic acids is 1. The van der Waals surface area contributed by atoms with E-state index in [0.717, 1.165) is 19.3 Å². The largest absolute Gasteiger partial charge is 0.327 e. The van der Waals surface area contributed by atoms with Gasteiger partial charge in [0.15, 0.2) is 0 Å². The summed E-state index contributed by atoms with van der Waals surface area (Å²) in [6, 6.07) is 0.0741. The van der Waals surface area contributed by atoms with E-state index in [0.29, 0.717) is 30.0 Å². The fraction of sp³-hybridized carbons (Fsp3) is 0.923. The third-order valence-corrected chi connectivity index (χ3v) is 3.62. The highest BCUT2D eigenvalue weighted by atomic mass is 16.1. The molecule has 0 aromatic heterocycles. The molecule has 3 atom stereocenters. The highest BCUT2D eigenvalue weighted by Gasteiger charge is 2.29. The Balaban J connectivity index is 2.44. The molecule has 0 radical (unpaired) electrons. The third kappa shape index (κ3) is 3.94. The van der Waals surface area contributed by atoms with Crippen LogP contribution in [-0.2, 0) is 4.79 Å². The fourth-order valence-electron chi connectivity index (χ4n) is 2.78. The molecular weight excluding hydrogens is 186 g/mol. The van der Waals surface area contributed by atoms with Crippen LogP contribution in [0, 0.1) is 17.8 Å². The first-order chi connectivity index (χ1) is 7.02. The van der Waals surface area contributed by atoms with Gasteiger partial charge in [0.05, 0.1) is 0 Å². The molecule has 0 bridgehead atoms. The molecule has 1 aliphatic rings. The molecule has 1 saturated carbocycles. The Hall–Kier alpha value is -0.370. The van der Waals surface area contributed by atoms with Gasteiger partial charge in [0, 0.05) is 18.4 Å². The average Bonchev–Trinajstić information content (AvgIpc) is 2.16. The SMILES string of the molecule is CCC(N)CC(=O)C1CC(C)CC(C)C1. The van der Waals surface area contributed by atoms with Crippen molar-refractivity contribution >= 4 is 5.78 Å². The summed E-state index contributed by atoms with van der Waals surface area (Å²) in [5.41, 5.74) is 5.83. The molecule has 2 heteroatoms. The Morgan fingerprint density at radius 2 is 1.80 bits per heavy atom. The van der Waals surface area contributed by atoms with Gasteiger partial charge in [0.1, 0.15) is 5.78 Å². The third-order valence-electron chi connectivity index (χ3n) is 3.62. The van der Waals surface area contributed by atoms with Crippen LogP contribution in [0.3, 0.4) is 0 Å². The minimum atomic E-state index is 0.0741. The summed E-state index contributed by atoms with van der Waals surface area (Å²) in [7, 11) is 0. The van der Waals surface area contributed by atoms with Crippen LogP contribution in [0.5, 0.6) is 0 Å². The number of Topliss-reactive ketones (excluding diaryl/α,β-unsaturated/α-hetero) is 1. The van der Waals surface area contributed by atoms with Crippen molar-refractivity contribution in [2.45, 2.75) is 58.9 Å². The van der Waals surface area contributed by atoms with Gasteiger partial charge in [0.25, 0.3) is 0 Å². The zero-order valence-corrected chi connectivity index (χ0v) is 10.3. The molecule has 0 aromatic carbocycles. The molecule has 3 unspecified atom stereocenters. The lowest BCUT2D eigenvalue weighted by atomic mass is 9.74. The van der Waals surface area contributed by atoms with Crippen molar-refractivity contribution in [3.8, 4) is 0 Å². The van der Waals surface area contributed by atoms with Gasteiger partial charge < -0.3 is 5.73 Å². The molecule has 1 fully saturated rings.